The minimum Gasteiger partial charge on any atom is -0.481 e. The molecule has 0 aromatic heterocycles. The van der Waals surface area contributed by atoms with Gasteiger partial charge in [0.05, 0.1) is 5.92 Å². The van der Waals surface area contributed by atoms with E-state index in [0.717, 1.165) is 22.3 Å². The van der Waals surface area contributed by atoms with E-state index in [4.69, 9.17) is 9.84 Å². The van der Waals surface area contributed by atoms with Crippen molar-refractivity contribution in [1.29, 1.82) is 0 Å². The molecular weight excluding hydrogens is 396 g/mol. The number of ether oxygens (including phenoxy) is 1. The minimum absolute atomic E-state index is 0.0463. The molecule has 2 aliphatic carbocycles. The van der Waals surface area contributed by atoms with Gasteiger partial charge in [-0.15, -0.1) is 0 Å². The number of aliphatic carboxylic acids is 1. The Bertz CT molecular complexity index is 953. The number of hydrogen-bond donors (Lipinski definition) is 3. The van der Waals surface area contributed by atoms with Crippen molar-refractivity contribution in [2.45, 2.75) is 44.2 Å². The molecule has 3 N–H and O–H groups in total. The Hall–Kier alpha value is -3.35. The number of carboxylic acid groups (broad SMARTS) is 1. The van der Waals surface area contributed by atoms with Crippen LogP contribution in [0.15, 0.2) is 48.5 Å². The summed E-state index contributed by atoms with van der Waals surface area (Å²) in [5.74, 6) is -1.60. The SMILES string of the molecule is CCC(NC(=O)OCC1c2ccccc2-c2ccccc21)C(=O)NC1CC(C(=O)O)C1. The highest BCUT2D eigenvalue weighted by Crippen LogP contribution is 2.44. The van der Waals surface area contributed by atoms with Crippen molar-refractivity contribution in [3.05, 3.63) is 59.7 Å². The Balaban J connectivity index is 1.32. The van der Waals surface area contributed by atoms with Gasteiger partial charge in [0.25, 0.3) is 0 Å². The molecule has 1 fully saturated rings. The van der Waals surface area contributed by atoms with Gasteiger partial charge in [0.1, 0.15) is 12.6 Å². The summed E-state index contributed by atoms with van der Waals surface area (Å²) in [6.07, 6.45) is 0.608. The van der Waals surface area contributed by atoms with Crippen LogP contribution >= 0.6 is 0 Å². The number of benzene rings is 2. The van der Waals surface area contributed by atoms with Gasteiger partial charge in [0.2, 0.25) is 5.91 Å². The van der Waals surface area contributed by atoms with Crippen LogP contribution in [0, 0.1) is 5.92 Å². The molecule has 2 amide bonds. The fourth-order valence-corrected chi connectivity index (χ4v) is 4.37. The average Bonchev–Trinajstić information content (AvgIpc) is 3.06. The van der Waals surface area contributed by atoms with E-state index in [1.165, 1.54) is 0 Å². The Morgan fingerprint density at radius 1 is 1.03 bits per heavy atom. The van der Waals surface area contributed by atoms with Crippen molar-refractivity contribution in [1.82, 2.24) is 10.6 Å². The quantitative estimate of drug-likeness (QED) is 0.635. The summed E-state index contributed by atoms with van der Waals surface area (Å²) in [5, 5.41) is 14.4. The third kappa shape index (κ3) is 4.26. The van der Waals surface area contributed by atoms with Gasteiger partial charge in [-0.25, -0.2) is 4.79 Å². The second kappa shape index (κ2) is 8.79. The first-order valence-corrected chi connectivity index (χ1v) is 10.6. The number of alkyl carbamates (subject to hydrolysis) is 1. The minimum atomic E-state index is -0.839. The van der Waals surface area contributed by atoms with E-state index in [0.29, 0.717) is 19.3 Å². The Kier molecular flexibility index (Phi) is 5.93. The highest BCUT2D eigenvalue weighted by atomic mass is 16.5. The lowest BCUT2D eigenvalue weighted by Gasteiger charge is -2.33. The number of nitrogens with one attached hydrogen (secondary N) is 2. The molecule has 1 unspecified atom stereocenters. The molecule has 0 spiro atoms. The largest absolute Gasteiger partial charge is 0.481 e. The molecule has 0 bridgehead atoms. The number of hydrogen-bond acceptors (Lipinski definition) is 4. The van der Waals surface area contributed by atoms with E-state index in [1.807, 2.05) is 36.4 Å². The summed E-state index contributed by atoms with van der Waals surface area (Å²) in [6, 6.07) is 15.3. The van der Waals surface area contributed by atoms with Crippen molar-refractivity contribution < 1.29 is 24.2 Å². The smallest absolute Gasteiger partial charge is 0.407 e. The predicted octanol–water partition coefficient (Wildman–Crippen LogP) is 3.28. The van der Waals surface area contributed by atoms with Crippen LogP contribution in [0.25, 0.3) is 11.1 Å². The molecule has 0 aliphatic heterocycles. The highest BCUT2D eigenvalue weighted by molar-refractivity contribution is 5.86. The van der Waals surface area contributed by atoms with E-state index in [2.05, 4.69) is 22.8 Å². The van der Waals surface area contributed by atoms with Gasteiger partial charge >= 0.3 is 12.1 Å². The normalized spacial score (nSPS) is 20.0. The summed E-state index contributed by atoms with van der Waals surface area (Å²) in [6.45, 7) is 1.98. The monoisotopic (exact) mass is 422 g/mol. The van der Waals surface area contributed by atoms with Gasteiger partial charge in [0, 0.05) is 12.0 Å². The standard InChI is InChI=1S/C24H26N2O5/c1-2-21(22(27)25-15-11-14(12-15)23(28)29)26-24(30)31-13-20-18-9-5-3-7-16(18)17-8-4-6-10-19(17)20/h3-10,14-15,20-21H,2,11-13H2,1H3,(H,25,27)(H,26,30)(H,28,29). The fourth-order valence-electron chi connectivity index (χ4n) is 4.37. The van der Waals surface area contributed by atoms with Gasteiger partial charge in [-0.05, 0) is 41.5 Å². The molecular formula is C24H26N2O5. The molecule has 7 nitrogen and oxygen atoms in total. The van der Waals surface area contributed by atoms with Crippen LogP contribution in [-0.4, -0.2) is 41.8 Å². The Morgan fingerprint density at radius 2 is 1.61 bits per heavy atom. The van der Waals surface area contributed by atoms with E-state index >= 15 is 0 Å². The number of carboxylic acids is 1. The Labute approximate surface area is 180 Å². The van der Waals surface area contributed by atoms with E-state index in [-0.39, 0.29) is 24.5 Å². The van der Waals surface area contributed by atoms with Gasteiger partial charge < -0.3 is 20.5 Å². The molecule has 4 rings (SSSR count). The number of rotatable bonds is 7. The van der Waals surface area contributed by atoms with E-state index in [1.54, 1.807) is 6.92 Å². The van der Waals surface area contributed by atoms with Crippen molar-refractivity contribution in [3.63, 3.8) is 0 Å². The highest BCUT2D eigenvalue weighted by Gasteiger charge is 2.36. The average molecular weight is 422 g/mol. The fraction of sp³-hybridized carbons (Fsp3) is 0.375. The molecule has 1 atom stereocenters. The van der Waals surface area contributed by atoms with E-state index < -0.39 is 24.0 Å². The molecule has 0 heterocycles. The lowest BCUT2D eigenvalue weighted by molar-refractivity contribution is -0.146. The maximum atomic E-state index is 12.4. The second-order valence-corrected chi connectivity index (χ2v) is 8.14. The molecule has 2 aliphatic rings. The molecule has 0 radical (unpaired) electrons. The summed E-state index contributed by atoms with van der Waals surface area (Å²) in [5.41, 5.74) is 4.55. The van der Waals surface area contributed by atoms with Crippen molar-refractivity contribution in [2.75, 3.05) is 6.61 Å². The lowest BCUT2D eigenvalue weighted by Crippen LogP contribution is -2.53. The van der Waals surface area contributed by atoms with Crippen LogP contribution in [0.4, 0.5) is 4.79 Å². The molecule has 2 aromatic rings. The van der Waals surface area contributed by atoms with Crippen LogP contribution in [-0.2, 0) is 14.3 Å². The maximum Gasteiger partial charge on any atom is 0.407 e. The van der Waals surface area contributed by atoms with Gasteiger partial charge in [-0.3, -0.25) is 9.59 Å². The molecule has 1 saturated carbocycles. The van der Waals surface area contributed by atoms with Crippen molar-refractivity contribution in [3.8, 4) is 11.1 Å². The van der Waals surface area contributed by atoms with E-state index in [9.17, 15) is 14.4 Å². The van der Waals surface area contributed by atoms with Crippen LogP contribution in [0.5, 0.6) is 0 Å². The zero-order chi connectivity index (χ0) is 22.0. The van der Waals surface area contributed by atoms with Crippen LogP contribution in [0.1, 0.15) is 43.2 Å². The van der Waals surface area contributed by atoms with Crippen molar-refractivity contribution in [2.24, 2.45) is 5.92 Å². The second-order valence-electron chi connectivity index (χ2n) is 8.14. The first-order valence-electron chi connectivity index (χ1n) is 10.6. The molecule has 162 valence electrons. The van der Waals surface area contributed by atoms with Gasteiger partial charge in [0.15, 0.2) is 0 Å². The molecule has 0 saturated heterocycles. The third-order valence-electron chi connectivity index (χ3n) is 6.19. The number of carbonyl (C=O) groups excluding carboxylic acids is 2. The topological polar surface area (TPSA) is 105 Å². The third-order valence-corrected chi connectivity index (χ3v) is 6.19. The zero-order valence-corrected chi connectivity index (χ0v) is 17.3. The van der Waals surface area contributed by atoms with Crippen molar-refractivity contribution >= 4 is 18.0 Å². The number of carbonyl (C=O) groups is 3. The van der Waals surface area contributed by atoms with Crippen LogP contribution < -0.4 is 10.6 Å². The van der Waals surface area contributed by atoms with Gasteiger partial charge in [-0.2, -0.15) is 0 Å². The summed E-state index contributed by atoms with van der Waals surface area (Å²) < 4.78 is 5.51. The first-order chi connectivity index (χ1) is 15.0. The lowest BCUT2D eigenvalue weighted by atomic mass is 9.80. The molecule has 2 aromatic carbocycles. The first kappa shape index (κ1) is 20.9. The summed E-state index contributed by atoms with van der Waals surface area (Å²) in [7, 11) is 0. The molecule has 7 heteroatoms. The number of amides is 2. The summed E-state index contributed by atoms with van der Waals surface area (Å²) >= 11 is 0. The predicted molar refractivity (Wildman–Crippen MR) is 115 cm³/mol. The molecule has 31 heavy (non-hydrogen) atoms. The Morgan fingerprint density at radius 3 is 2.16 bits per heavy atom. The van der Waals surface area contributed by atoms with Crippen LogP contribution in [0.2, 0.25) is 0 Å². The van der Waals surface area contributed by atoms with Gasteiger partial charge in [-0.1, -0.05) is 55.5 Å². The van der Waals surface area contributed by atoms with Crippen LogP contribution in [0.3, 0.4) is 0 Å². The summed E-state index contributed by atoms with van der Waals surface area (Å²) in [4.78, 5) is 35.8. The number of fused-ring (bicyclic) bond motifs is 3. The maximum absolute atomic E-state index is 12.4. The zero-order valence-electron chi connectivity index (χ0n) is 17.3.